The summed E-state index contributed by atoms with van der Waals surface area (Å²) in [4.78, 5) is 11.9. The molecule has 0 aliphatic carbocycles. The lowest BCUT2D eigenvalue weighted by Crippen LogP contribution is -2.13. The van der Waals surface area contributed by atoms with Crippen LogP contribution in [0.2, 0.25) is 0 Å². The van der Waals surface area contributed by atoms with Crippen molar-refractivity contribution in [1.29, 1.82) is 0 Å². The third-order valence-corrected chi connectivity index (χ3v) is 2.91. The number of oxime groups is 1. The molecule has 2 rings (SSSR count). The zero-order valence-electron chi connectivity index (χ0n) is 11.2. The lowest BCUT2D eigenvalue weighted by molar-refractivity contribution is 0.102. The molecule has 2 aromatic rings. The van der Waals surface area contributed by atoms with Crippen molar-refractivity contribution < 1.29 is 19.5 Å². The van der Waals surface area contributed by atoms with Gasteiger partial charge in [-0.2, -0.15) is 0 Å². The van der Waals surface area contributed by atoms with Crippen molar-refractivity contribution >= 4 is 17.3 Å². The number of carbonyl (C=O) groups is 1. The van der Waals surface area contributed by atoms with Crippen LogP contribution < -0.4 is 5.32 Å². The number of phenols is 1. The minimum absolute atomic E-state index is 0.162. The molecule has 0 fully saturated rings. The summed E-state index contributed by atoms with van der Waals surface area (Å²) in [6.45, 7) is 1.64. The minimum Gasteiger partial charge on any atom is -0.508 e. The first-order valence-corrected chi connectivity index (χ1v) is 6.10. The van der Waals surface area contributed by atoms with Crippen LogP contribution in [0.25, 0.3) is 0 Å². The fraction of sp³-hybridized carbons (Fsp3) is 0.0667. The van der Waals surface area contributed by atoms with Crippen molar-refractivity contribution in [3.8, 4) is 5.75 Å². The van der Waals surface area contributed by atoms with Gasteiger partial charge in [-0.15, -0.1) is 0 Å². The Kier molecular flexibility index (Phi) is 4.18. The Bertz CT molecular complexity index is 697. The predicted molar refractivity (Wildman–Crippen MR) is 76.5 cm³/mol. The number of carbonyl (C=O) groups excluding carboxylic acids is 1. The summed E-state index contributed by atoms with van der Waals surface area (Å²) in [7, 11) is 0. The Morgan fingerprint density at radius 2 is 1.86 bits per heavy atom. The highest BCUT2D eigenvalue weighted by Crippen LogP contribution is 2.17. The maximum atomic E-state index is 13.6. The smallest absolute Gasteiger partial charge is 0.258 e. The molecule has 0 aliphatic heterocycles. The van der Waals surface area contributed by atoms with Crippen LogP contribution >= 0.6 is 0 Å². The van der Waals surface area contributed by atoms with E-state index >= 15 is 0 Å². The molecule has 0 saturated heterocycles. The van der Waals surface area contributed by atoms with Gasteiger partial charge in [-0.3, -0.25) is 4.79 Å². The lowest BCUT2D eigenvalue weighted by Gasteiger charge is -2.07. The van der Waals surface area contributed by atoms with Crippen molar-refractivity contribution in [2.75, 3.05) is 5.32 Å². The quantitative estimate of drug-likeness (QED) is 0.461. The van der Waals surface area contributed by atoms with Gasteiger partial charge < -0.3 is 15.6 Å². The number of rotatable bonds is 3. The van der Waals surface area contributed by atoms with Crippen LogP contribution in [0.15, 0.2) is 47.6 Å². The number of amides is 1. The molecule has 5 nitrogen and oxygen atoms in total. The summed E-state index contributed by atoms with van der Waals surface area (Å²) < 4.78 is 13.6. The fourth-order valence-electron chi connectivity index (χ4n) is 1.74. The van der Waals surface area contributed by atoms with Crippen LogP contribution in [0.3, 0.4) is 0 Å². The van der Waals surface area contributed by atoms with Crippen molar-refractivity contribution in [2.24, 2.45) is 5.16 Å². The second-order valence-electron chi connectivity index (χ2n) is 4.38. The second-order valence-corrected chi connectivity index (χ2v) is 4.38. The standard InChI is InChI=1S/C15H13FN2O3/c1-9(18-21)10-2-4-11(5-3-10)17-15(20)13-7-6-12(19)8-14(13)16/h2-8,19,21H,1H3,(H,17,20)/b18-9-. The van der Waals surface area contributed by atoms with Gasteiger partial charge in [0, 0.05) is 11.8 Å². The molecule has 108 valence electrons. The summed E-state index contributed by atoms with van der Waals surface area (Å²) >= 11 is 0. The summed E-state index contributed by atoms with van der Waals surface area (Å²) in [5.74, 6) is -1.66. The van der Waals surface area contributed by atoms with Crippen LogP contribution in [0.4, 0.5) is 10.1 Å². The van der Waals surface area contributed by atoms with Crippen LogP contribution in [-0.2, 0) is 0 Å². The average molecular weight is 288 g/mol. The Morgan fingerprint density at radius 1 is 1.19 bits per heavy atom. The summed E-state index contributed by atoms with van der Waals surface area (Å²) in [6, 6.07) is 9.87. The minimum atomic E-state index is -0.799. The summed E-state index contributed by atoms with van der Waals surface area (Å²) in [6.07, 6.45) is 0. The topological polar surface area (TPSA) is 81.9 Å². The van der Waals surface area contributed by atoms with E-state index in [1.165, 1.54) is 12.1 Å². The second kappa shape index (κ2) is 6.04. The predicted octanol–water partition coefficient (Wildman–Crippen LogP) is 2.98. The molecule has 21 heavy (non-hydrogen) atoms. The highest BCUT2D eigenvalue weighted by molar-refractivity contribution is 6.05. The maximum Gasteiger partial charge on any atom is 0.258 e. The number of anilines is 1. The Morgan fingerprint density at radius 3 is 2.43 bits per heavy atom. The fourth-order valence-corrected chi connectivity index (χ4v) is 1.74. The van der Waals surface area contributed by atoms with Gasteiger partial charge in [0.2, 0.25) is 0 Å². The zero-order chi connectivity index (χ0) is 15.4. The van der Waals surface area contributed by atoms with E-state index < -0.39 is 11.7 Å². The molecule has 2 aromatic carbocycles. The molecular weight excluding hydrogens is 275 g/mol. The normalized spacial score (nSPS) is 11.2. The molecule has 0 unspecified atom stereocenters. The number of nitrogens with zero attached hydrogens (tertiary/aromatic N) is 1. The van der Waals surface area contributed by atoms with Crippen molar-refractivity contribution in [2.45, 2.75) is 6.92 Å². The van der Waals surface area contributed by atoms with E-state index in [1.807, 2.05) is 0 Å². The highest BCUT2D eigenvalue weighted by Gasteiger charge is 2.12. The molecule has 0 aliphatic rings. The Labute approximate surface area is 120 Å². The first-order chi connectivity index (χ1) is 10.0. The van der Waals surface area contributed by atoms with Gasteiger partial charge in [-0.1, -0.05) is 17.3 Å². The van der Waals surface area contributed by atoms with E-state index in [2.05, 4.69) is 10.5 Å². The highest BCUT2D eigenvalue weighted by atomic mass is 19.1. The van der Waals surface area contributed by atoms with Crippen LogP contribution in [0.1, 0.15) is 22.8 Å². The number of halogens is 1. The average Bonchev–Trinajstić information content (AvgIpc) is 2.47. The zero-order valence-corrected chi connectivity index (χ0v) is 11.2. The van der Waals surface area contributed by atoms with E-state index in [0.717, 1.165) is 6.07 Å². The lowest BCUT2D eigenvalue weighted by atomic mass is 10.1. The van der Waals surface area contributed by atoms with E-state index in [9.17, 15) is 9.18 Å². The molecule has 1 amide bonds. The van der Waals surface area contributed by atoms with Crippen molar-refractivity contribution in [3.05, 3.63) is 59.4 Å². The molecule has 0 spiro atoms. The molecule has 0 saturated carbocycles. The molecule has 0 aromatic heterocycles. The number of benzene rings is 2. The maximum absolute atomic E-state index is 13.6. The molecule has 0 bridgehead atoms. The van der Waals surface area contributed by atoms with Crippen LogP contribution in [0.5, 0.6) is 5.75 Å². The summed E-state index contributed by atoms with van der Waals surface area (Å²) in [5.41, 5.74) is 1.45. The number of hydrogen-bond acceptors (Lipinski definition) is 4. The molecule has 3 N–H and O–H groups in total. The monoisotopic (exact) mass is 288 g/mol. The van der Waals surface area contributed by atoms with Gasteiger partial charge in [0.15, 0.2) is 0 Å². The van der Waals surface area contributed by atoms with Gasteiger partial charge in [-0.05, 0) is 36.8 Å². The van der Waals surface area contributed by atoms with Gasteiger partial charge in [-0.25, -0.2) is 4.39 Å². The van der Waals surface area contributed by atoms with Crippen molar-refractivity contribution in [3.63, 3.8) is 0 Å². The van der Waals surface area contributed by atoms with E-state index in [-0.39, 0.29) is 11.3 Å². The van der Waals surface area contributed by atoms with Crippen LogP contribution in [0, 0.1) is 5.82 Å². The molecular formula is C15H13FN2O3. The van der Waals surface area contributed by atoms with E-state index in [0.29, 0.717) is 17.0 Å². The first kappa shape index (κ1) is 14.5. The van der Waals surface area contributed by atoms with Gasteiger partial charge in [0.25, 0.3) is 5.91 Å². The largest absolute Gasteiger partial charge is 0.508 e. The first-order valence-electron chi connectivity index (χ1n) is 6.10. The number of hydrogen-bond donors (Lipinski definition) is 3. The third kappa shape index (κ3) is 3.36. The number of phenolic OH excluding ortho intramolecular Hbond substituents is 1. The Hall–Kier alpha value is -2.89. The SMILES string of the molecule is C/C(=N/O)c1ccc(NC(=O)c2ccc(O)cc2F)cc1. The molecule has 0 radical (unpaired) electrons. The van der Waals surface area contributed by atoms with Gasteiger partial charge in [0.05, 0.1) is 11.3 Å². The van der Waals surface area contributed by atoms with Crippen LogP contribution in [-0.4, -0.2) is 21.9 Å². The number of nitrogens with one attached hydrogen (secondary N) is 1. The van der Waals surface area contributed by atoms with E-state index in [1.54, 1.807) is 31.2 Å². The summed E-state index contributed by atoms with van der Waals surface area (Å²) in [5, 5.41) is 23.4. The third-order valence-electron chi connectivity index (χ3n) is 2.91. The van der Waals surface area contributed by atoms with Gasteiger partial charge >= 0.3 is 0 Å². The number of aromatic hydroxyl groups is 1. The van der Waals surface area contributed by atoms with Crippen molar-refractivity contribution in [1.82, 2.24) is 0 Å². The van der Waals surface area contributed by atoms with E-state index in [4.69, 9.17) is 10.3 Å². The van der Waals surface area contributed by atoms with Gasteiger partial charge in [0.1, 0.15) is 11.6 Å². The molecule has 0 atom stereocenters. The molecule has 0 heterocycles. The Balaban J connectivity index is 2.16. The molecule has 6 heteroatoms.